The standard InChI is InChI=1S/C14H16INO2/c1-14(2,8-15)9-18-12-7-13(17)16-11-6-4-3-5-10(11)12/h3-7H,8-9H2,1-2H3,(H,16,17). The van der Waals surface area contributed by atoms with Crippen LogP contribution in [0, 0.1) is 5.41 Å². The minimum Gasteiger partial charge on any atom is -0.492 e. The SMILES string of the molecule is CC(C)(CI)COc1cc(=O)[nH]c2ccccc12. The van der Waals surface area contributed by atoms with Crippen LogP contribution >= 0.6 is 22.6 Å². The maximum absolute atomic E-state index is 11.6. The number of aromatic amines is 1. The molecule has 0 bridgehead atoms. The first-order valence-electron chi connectivity index (χ1n) is 5.83. The fourth-order valence-corrected chi connectivity index (χ4v) is 1.82. The number of rotatable bonds is 4. The Morgan fingerprint density at radius 3 is 2.78 bits per heavy atom. The van der Waals surface area contributed by atoms with Crippen molar-refractivity contribution in [3.63, 3.8) is 0 Å². The zero-order valence-electron chi connectivity index (χ0n) is 10.5. The Hall–Kier alpha value is -1.04. The molecule has 0 atom stereocenters. The lowest BCUT2D eigenvalue weighted by atomic mass is 9.98. The van der Waals surface area contributed by atoms with Gasteiger partial charge in [-0.1, -0.05) is 48.6 Å². The number of para-hydroxylation sites is 1. The Bertz CT molecular complexity index is 604. The molecule has 0 aliphatic heterocycles. The number of nitrogens with one attached hydrogen (secondary N) is 1. The first-order valence-corrected chi connectivity index (χ1v) is 7.35. The van der Waals surface area contributed by atoms with Crippen LogP contribution in [0.25, 0.3) is 10.9 Å². The van der Waals surface area contributed by atoms with Crippen LogP contribution < -0.4 is 10.3 Å². The minimum atomic E-state index is -0.129. The van der Waals surface area contributed by atoms with Gasteiger partial charge in [-0.15, -0.1) is 0 Å². The molecule has 1 aromatic heterocycles. The van der Waals surface area contributed by atoms with Gasteiger partial charge in [0, 0.05) is 21.3 Å². The van der Waals surface area contributed by atoms with E-state index in [1.54, 1.807) is 0 Å². The molecule has 1 N–H and O–H groups in total. The van der Waals surface area contributed by atoms with Gasteiger partial charge in [0.2, 0.25) is 0 Å². The summed E-state index contributed by atoms with van der Waals surface area (Å²) in [4.78, 5) is 14.4. The molecular weight excluding hydrogens is 341 g/mol. The van der Waals surface area contributed by atoms with E-state index in [4.69, 9.17) is 4.74 Å². The van der Waals surface area contributed by atoms with Crippen LogP contribution in [0.1, 0.15) is 13.8 Å². The van der Waals surface area contributed by atoms with Gasteiger partial charge in [0.1, 0.15) is 5.75 Å². The quantitative estimate of drug-likeness (QED) is 0.674. The lowest BCUT2D eigenvalue weighted by Gasteiger charge is -2.22. The van der Waals surface area contributed by atoms with Crippen molar-refractivity contribution in [3.8, 4) is 5.75 Å². The van der Waals surface area contributed by atoms with E-state index in [9.17, 15) is 4.79 Å². The molecule has 0 amide bonds. The van der Waals surface area contributed by atoms with Crippen LogP contribution in [0.3, 0.4) is 0 Å². The summed E-state index contributed by atoms with van der Waals surface area (Å²) in [6.07, 6.45) is 0. The van der Waals surface area contributed by atoms with Gasteiger partial charge in [0.15, 0.2) is 0 Å². The predicted molar refractivity (Wildman–Crippen MR) is 82.7 cm³/mol. The Labute approximate surface area is 120 Å². The molecule has 0 fully saturated rings. The molecule has 0 aliphatic rings. The molecule has 1 heterocycles. The lowest BCUT2D eigenvalue weighted by molar-refractivity contribution is 0.206. The van der Waals surface area contributed by atoms with Crippen molar-refractivity contribution < 1.29 is 4.74 Å². The number of alkyl halides is 1. The van der Waals surface area contributed by atoms with Crippen molar-refractivity contribution in [2.24, 2.45) is 5.41 Å². The van der Waals surface area contributed by atoms with Gasteiger partial charge in [-0.3, -0.25) is 4.79 Å². The fraction of sp³-hybridized carbons (Fsp3) is 0.357. The third kappa shape index (κ3) is 3.04. The lowest BCUT2D eigenvalue weighted by Crippen LogP contribution is -2.23. The molecule has 3 nitrogen and oxygen atoms in total. The summed E-state index contributed by atoms with van der Waals surface area (Å²) in [6.45, 7) is 4.90. The van der Waals surface area contributed by atoms with E-state index in [1.807, 2.05) is 24.3 Å². The third-order valence-corrected chi connectivity index (χ3v) is 4.76. The number of benzene rings is 1. The maximum atomic E-state index is 11.6. The molecule has 0 spiro atoms. The number of pyridine rings is 1. The number of ether oxygens (including phenoxy) is 1. The summed E-state index contributed by atoms with van der Waals surface area (Å²) in [5, 5.41) is 0.946. The first kappa shape index (κ1) is 13.4. The summed E-state index contributed by atoms with van der Waals surface area (Å²) >= 11 is 2.35. The summed E-state index contributed by atoms with van der Waals surface area (Å²) in [5.41, 5.74) is 0.785. The molecule has 0 saturated heterocycles. The molecule has 18 heavy (non-hydrogen) atoms. The minimum absolute atomic E-state index is 0.101. The maximum Gasteiger partial charge on any atom is 0.252 e. The van der Waals surface area contributed by atoms with Crippen molar-refractivity contribution in [1.82, 2.24) is 4.98 Å². The van der Waals surface area contributed by atoms with E-state index in [0.717, 1.165) is 15.3 Å². The molecule has 0 unspecified atom stereocenters. The molecule has 1 aromatic carbocycles. The average molecular weight is 357 g/mol. The van der Waals surface area contributed by atoms with Crippen molar-refractivity contribution in [2.45, 2.75) is 13.8 Å². The molecule has 0 radical (unpaired) electrons. The number of H-pyrrole nitrogens is 1. The molecule has 2 rings (SSSR count). The highest BCUT2D eigenvalue weighted by atomic mass is 127. The van der Waals surface area contributed by atoms with Gasteiger partial charge in [-0.25, -0.2) is 0 Å². The Morgan fingerprint density at radius 1 is 1.33 bits per heavy atom. The van der Waals surface area contributed by atoms with E-state index in [2.05, 4.69) is 41.4 Å². The highest BCUT2D eigenvalue weighted by Crippen LogP contribution is 2.25. The summed E-state index contributed by atoms with van der Waals surface area (Å²) in [7, 11) is 0. The second kappa shape index (κ2) is 5.30. The van der Waals surface area contributed by atoms with Crippen LogP contribution in [0.2, 0.25) is 0 Å². The predicted octanol–water partition coefficient (Wildman–Crippen LogP) is 3.37. The average Bonchev–Trinajstić information content (AvgIpc) is 2.36. The highest BCUT2D eigenvalue weighted by Gasteiger charge is 2.17. The highest BCUT2D eigenvalue weighted by molar-refractivity contribution is 14.1. The molecular formula is C14H16INO2. The van der Waals surface area contributed by atoms with Crippen LogP contribution in [0.4, 0.5) is 0 Å². The molecule has 2 aromatic rings. The number of fused-ring (bicyclic) bond motifs is 1. The van der Waals surface area contributed by atoms with Gasteiger partial charge >= 0.3 is 0 Å². The second-order valence-corrected chi connectivity index (χ2v) is 5.89. The van der Waals surface area contributed by atoms with Crippen molar-refractivity contribution in [3.05, 3.63) is 40.7 Å². The van der Waals surface area contributed by atoms with Crippen molar-refractivity contribution in [1.29, 1.82) is 0 Å². The third-order valence-electron chi connectivity index (χ3n) is 2.69. The fourth-order valence-electron chi connectivity index (χ4n) is 1.60. The van der Waals surface area contributed by atoms with Crippen LogP contribution in [-0.4, -0.2) is 16.0 Å². The molecule has 4 heteroatoms. The number of aromatic nitrogens is 1. The smallest absolute Gasteiger partial charge is 0.252 e. The monoisotopic (exact) mass is 357 g/mol. The Balaban J connectivity index is 2.36. The van der Waals surface area contributed by atoms with Crippen LogP contribution in [0.15, 0.2) is 35.1 Å². The summed E-state index contributed by atoms with van der Waals surface area (Å²) in [6, 6.07) is 9.20. The van der Waals surface area contributed by atoms with Crippen LogP contribution in [-0.2, 0) is 0 Å². The van der Waals surface area contributed by atoms with Gasteiger partial charge in [0.05, 0.1) is 12.1 Å². The molecule has 0 aliphatic carbocycles. The normalized spacial score (nSPS) is 11.7. The van der Waals surface area contributed by atoms with E-state index in [-0.39, 0.29) is 11.0 Å². The van der Waals surface area contributed by atoms with E-state index >= 15 is 0 Å². The zero-order chi connectivity index (χ0) is 13.2. The van der Waals surface area contributed by atoms with Crippen LogP contribution in [0.5, 0.6) is 5.75 Å². The van der Waals surface area contributed by atoms with Gasteiger partial charge in [-0.2, -0.15) is 0 Å². The summed E-state index contributed by atoms with van der Waals surface area (Å²) in [5.74, 6) is 0.660. The van der Waals surface area contributed by atoms with E-state index in [1.165, 1.54) is 6.07 Å². The van der Waals surface area contributed by atoms with Crippen molar-refractivity contribution in [2.75, 3.05) is 11.0 Å². The van der Waals surface area contributed by atoms with Gasteiger partial charge < -0.3 is 9.72 Å². The van der Waals surface area contributed by atoms with Crippen molar-refractivity contribution >= 4 is 33.5 Å². The zero-order valence-corrected chi connectivity index (χ0v) is 12.7. The number of halogens is 1. The molecule has 96 valence electrons. The number of hydrogen-bond donors (Lipinski definition) is 1. The van der Waals surface area contributed by atoms with Gasteiger partial charge in [0.25, 0.3) is 5.56 Å². The second-order valence-electron chi connectivity index (χ2n) is 5.13. The number of hydrogen-bond acceptors (Lipinski definition) is 2. The van der Waals surface area contributed by atoms with E-state index in [0.29, 0.717) is 12.4 Å². The van der Waals surface area contributed by atoms with Gasteiger partial charge in [-0.05, 0) is 12.1 Å². The topological polar surface area (TPSA) is 42.1 Å². The Kier molecular flexibility index (Phi) is 3.94. The van der Waals surface area contributed by atoms with E-state index < -0.39 is 0 Å². The molecule has 0 saturated carbocycles. The first-order chi connectivity index (χ1) is 8.52. The Morgan fingerprint density at radius 2 is 2.06 bits per heavy atom. The largest absolute Gasteiger partial charge is 0.492 e. The summed E-state index contributed by atoms with van der Waals surface area (Å²) < 4.78 is 6.84.